The van der Waals surface area contributed by atoms with Crippen LogP contribution in [0.5, 0.6) is 0 Å². The fraction of sp³-hybridized carbons (Fsp3) is 0.636. The van der Waals surface area contributed by atoms with Crippen molar-refractivity contribution in [3.05, 3.63) is 35.4 Å². The first kappa shape index (κ1) is 26.6. The first-order valence-corrected chi connectivity index (χ1v) is 10.7. The van der Waals surface area contributed by atoms with Crippen LogP contribution >= 0.6 is 24.0 Å². The van der Waals surface area contributed by atoms with Crippen molar-refractivity contribution in [2.24, 2.45) is 4.99 Å². The third-order valence-corrected chi connectivity index (χ3v) is 5.13. The normalized spacial score (nSPS) is 14.7. The Morgan fingerprint density at radius 1 is 1.10 bits per heavy atom. The van der Waals surface area contributed by atoms with Crippen molar-refractivity contribution in [1.82, 2.24) is 20.0 Å². The number of ether oxygens (including phenoxy) is 1. The Morgan fingerprint density at radius 2 is 1.70 bits per heavy atom. The van der Waals surface area contributed by atoms with Crippen LogP contribution in [0.2, 0.25) is 0 Å². The van der Waals surface area contributed by atoms with Crippen molar-refractivity contribution in [3.8, 4) is 0 Å². The summed E-state index contributed by atoms with van der Waals surface area (Å²) in [6.45, 7) is 13.8. The van der Waals surface area contributed by atoms with Crippen LogP contribution in [-0.4, -0.2) is 86.1 Å². The standard InChI is InChI=1S/C22H37N5O2.HI/c1-5-23-22(25(4)18-21(28)27(6-2)7-3)24-16-19-8-10-20(11-9-19)17-26-12-14-29-15-13-26;/h8-11H,5-7,12-18H2,1-4H3,(H,23,24);1H. The summed E-state index contributed by atoms with van der Waals surface area (Å²) in [6.07, 6.45) is 0. The predicted octanol–water partition coefficient (Wildman–Crippen LogP) is 2.40. The molecule has 0 spiro atoms. The van der Waals surface area contributed by atoms with Gasteiger partial charge in [0.2, 0.25) is 5.91 Å². The van der Waals surface area contributed by atoms with E-state index in [-0.39, 0.29) is 29.9 Å². The quantitative estimate of drug-likeness (QED) is 0.302. The number of nitrogens with zero attached hydrogens (tertiary/aromatic N) is 4. The summed E-state index contributed by atoms with van der Waals surface area (Å²) < 4.78 is 5.41. The second-order valence-electron chi connectivity index (χ2n) is 7.30. The molecule has 1 aliphatic rings. The van der Waals surface area contributed by atoms with E-state index >= 15 is 0 Å². The van der Waals surface area contributed by atoms with Crippen LogP contribution in [0.15, 0.2) is 29.3 Å². The lowest BCUT2D eigenvalue weighted by molar-refractivity contribution is -0.131. The van der Waals surface area contributed by atoms with Crippen LogP contribution < -0.4 is 5.32 Å². The zero-order valence-electron chi connectivity index (χ0n) is 18.9. The second kappa shape index (κ2) is 14.6. The molecular formula is C22H38IN5O2. The van der Waals surface area contributed by atoms with E-state index in [0.717, 1.165) is 64.0 Å². The van der Waals surface area contributed by atoms with Gasteiger partial charge in [-0.15, -0.1) is 24.0 Å². The van der Waals surface area contributed by atoms with Gasteiger partial charge in [-0.05, 0) is 31.9 Å². The first-order valence-electron chi connectivity index (χ1n) is 10.7. The number of likely N-dealkylation sites (N-methyl/N-ethyl adjacent to an activating group) is 2. The molecule has 1 saturated heterocycles. The maximum atomic E-state index is 12.4. The van der Waals surface area contributed by atoms with Gasteiger partial charge in [-0.1, -0.05) is 24.3 Å². The lowest BCUT2D eigenvalue weighted by Crippen LogP contribution is -2.45. The number of guanidine groups is 1. The number of amides is 1. The van der Waals surface area contributed by atoms with E-state index in [1.54, 1.807) is 0 Å². The topological polar surface area (TPSA) is 60.4 Å². The highest BCUT2D eigenvalue weighted by Gasteiger charge is 2.15. The molecule has 1 aromatic rings. The van der Waals surface area contributed by atoms with Gasteiger partial charge in [-0.3, -0.25) is 9.69 Å². The van der Waals surface area contributed by atoms with Gasteiger partial charge in [-0.2, -0.15) is 0 Å². The number of morpholine rings is 1. The van der Waals surface area contributed by atoms with Crippen molar-refractivity contribution in [2.75, 3.05) is 59.5 Å². The highest BCUT2D eigenvalue weighted by molar-refractivity contribution is 14.0. The Bertz CT molecular complexity index is 643. The van der Waals surface area contributed by atoms with E-state index in [4.69, 9.17) is 9.73 Å². The maximum Gasteiger partial charge on any atom is 0.242 e. The summed E-state index contributed by atoms with van der Waals surface area (Å²) in [6, 6.07) is 8.65. The average Bonchev–Trinajstić information content (AvgIpc) is 2.73. The fourth-order valence-corrected chi connectivity index (χ4v) is 3.36. The van der Waals surface area contributed by atoms with Crippen LogP contribution in [-0.2, 0) is 22.6 Å². The lowest BCUT2D eigenvalue weighted by atomic mass is 10.1. The van der Waals surface area contributed by atoms with E-state index < -0.39 is 0 Å². The monoisotopic (exact) mass is 531 g/mol. The molecule has 0 radical (unpaired) electrons. The summed E-state index contributed by atoms with van der Waals surface area (Å²) in [5.74, 6) is 0.876. The number of carbonyl (C=O) groups is 1. The lowest BCUT2D eigenvalue weighted by Gasteiger charge is -2.26. The molecule has 1 amide bonds. The smallest absolute Gasteiger partial charge is 0.242 e. The largest absolute Gasteiger partial charge is 0.379 e. The highest BCUT2D eigenvalue weighted by Crippen LogP contribution is 2.10. The number of benzene rings is 1. The molecule has 0 bridgehead atoms. The number of nitrogens with one attached hydrogen (secondary N) is 1. The van der Waals surface area contributed by atoms with Crippen LogP contribution in [0, 0.1) is 0 Å². The highest BCUT2D eigenvalue weighted by atomic mass is 127. The molecule has 0 saturated carbocycles. The summed E-state index contributed by atoms with van der Waals surface area (Å²) in [5, 5.41) is 3.29. The summed E-state index contributed by atoms with van der Waals surface area (Å²) in [5.41, 5.74) is 2.48. The predicted molar refractivity (Wildman–Crippen MR) is 133 cm³/mol. The minimum absolute atomic E-state index is 0. The van der Waals surface area contributed by atoms with Crippen LogP contribution in [0.25, 0.3) is 0 Å². The van der Waals surface area contributed by atoms with Gasteiger partial charge >= 0.3 is 0 Å². The third-order valence-electron chi connectivity index (χ3n) is 5.13. The average molecular weight is 531 g/mol. The molecule has 30 heavy (non-hydrogen) atoms. The molecule has 0 unspecified atom stereocenters. The number of aliphatic imine (C=N–C) groups is 1. The Balaban J connectivity index is 0.00000450. The number of rotatable bonds is 9. The van der Waals surface area contributed by atoms with Gasteiger partial charge in [0.1, 0.15) is 0 Å². The van der Waals surface area contributed by atoms with E-state index in [2.05, 4.69) is 34.5 Å². The van der Waals surface area contributed by atoms with Crippen molar-refractivity contribution >= 4 is 35.8 Å². The van der Waals surface area contributed by atoms with Crippen molar-refractivity contribution < 1.29 is 9.53 Å². The summed E-state index contributed by atoms with van der Waals surface area (Å²) in [4.78, 5) is 23.3. The minimum atomic E-state index is 0. The van der Waals surface area contributed by atoms with Crippen LogP contribution in [0.4, 0.5) is 0 Å². The van der Waals surface area contributed by atoms with Gasteiger partial charge in [0.05, 0.1) is 26.3 Å². The van der Waals surface area contributed by atoms with E-state index in [1.807, 2.05) is 37.6 Å². The zero-order chi connectivity index (χ0) is 21.1. The number of halogens is 1. The van der Waals surface area contributed by atoms with Crippen molar-refractivity contribution in [3.63, 3.8) is 0 Å². The molecule has 2 rings (SSSR count). The fourth-order valence-electron chi connectivity index (χ4n) is 3.36. The van der Waals surface area contributed by atoms with Crippen LogP contribution in [0.3, 0.4) is 0 Å². The minimum Gasteiger partial charge on any atom is -0.379 e. The van der Waals surface area contributed by atoms with E-state index in [0.29, 0.717) is 13.1 Å². The molecule has 1 fully saturated rings. The van der Waals surface area contributed by atoms with Gasteiger partial charge in [-0.25, -0.2) is 4.99 Å². The van der Waals surface area contributed by atoms with Gasteiger partial charge in [0, 0.05) is 46.3 Å². The Hall–Kier alpha value is -1.39. The number of carbonyl (C=O) groups excluding carboxylic acids is 1. The SMILES string of the molecule is CCNC(=NCc1ccc(CN2CCOCC2)cc1)N(C)CC(=O)N(CC)CC.I. The molecule has 0 aliphatic carbocycles. The Labute approximate surface area is 198 Å². The van der Waals surface area contributed by atoms with Crippen LogP contribution in [0.1, 0.15) is 31.9 Å². The molecule has 1 aliphatic heterocycles. The van der Waals surface area contributed by atoms with E-state index in [1.165, 1.54) is 5.56 Å². The Kier molecular flexibility index (Phi) is 13.0. The van der Waals surface area contributed by atoms with Gasteiger partial charge < -0.3 is 19.9 Å². The third kappa shape index (κ3) is 8.77. The van der Waals surface area contributed by atoms with Crippen molar-refractivity contribution in [1.29, 1.82) is 0 Å². The first-order chi connectivity index (χ1) is 14.1. The van der Waals surface area contributed by atoms with Gasteiger partial charge in [0.15, 0.2) is 5.96 Å². The van der Waals surface area contributed by atoms with Crippen molar-refractivity contribution in [2.45, 2.75) is 33.9 Å². The molecule has 1 N–H and O–H groups in total. The van der Waals surface area contributed by atoms with Gasteiger partial charge in [0.25, 0.3) is 0 Å². The zero-order valence-corrected chi connectivity index (χ0v) is 21.2. The molecule has 170 valence electrons. The molecular weight excluding hydrogens is 493 g/mol. The molecule has 0 atom stereocenters. The van der Waals surface area contributed by atoms with E-state index in [9.17, 15) is 4.79 Å². The number of hydrogen-bond acceptors (Lipinski definition) is 4. The molecule has 1 heterocycles. The second-order valence-corrected chi connectivity index (χ2v) is 7.30. The molecule has 0 aromatic heterocycles. The molecule has 7 nitrogen and oxygen atoms in total. The summed E-state index contributed by atoms with van der Waals surface area (Å²) >= 11 is 0. The number of hydrogen-bond donors (Lipinski definition) is 1. The summed E-state index contributed by atoms with van der Waals surface area (Å²) in [7, 11) is 1.91. The molecule has 8 heteroatoms. The maximum absolute atomic E-state index is 12.4. The molecule has 1 aromatic carbocycles. The Morgan fingerprint density at radius 3 is 2.27 bits per heavy atom.